The number of methoxy groups -OCH3 is 1. The van der Waals surface area contributed by atoms with Crippen molar-refractivity contribution in [2.24, 2.45) is 5.92 Å². The van der Waals surface area contributed by atoms with E-state index in [-0.39, 0.29) is 0 Å². The maximum atomic E-state index is 5.50. The van der Waals surface area contributed by atoms with Crippen LogP contribution in [0.2, 0.25) is 0 Å². The quantitative estimate of drug-likeness (QED) is 0.796. The Morgan fingerprint density at radius 3 is 2.56 bits per heavy atom. The van der Waals surface area contributed by atoms with Gasteiger partial charge in [-0.1, -0.05) is 0 Å². The van der Waals surface area contributed by atoms with E-state index in [0.29, 0.717) is 6.04 Å². The predicted octanol–water partition coefficient (Wildman–Crippen LogP) is 1.96. The van der Waals surface area contributed by atoms with E-state index in [1.807, 2.05) is 7.11 Å². The van der Waals surface area contributed by atoms with Gasteiger partial charge in [0.2, 0.25) is 0 Å². The molecule has 1 atom stereocenters. The van der Waals surface area contributed by atoms with Crippen LogP contribution < -0.4 is 5.32 Å². The van der Waals surface area contributed by atoms with E-state index >= 15 is 0 Å². The highest BCUT2D eigenvalue weighted by molar-refractivity contribution is 4.81. The van der Waals surface area contributed by atoms with Crippen LogP contribution in [-0.2, 0) is 9.47 Å². The average Bonchev–Trinajstić information content (AvgIpc) is 2.33. The van der Waals surface area contributed by atoms with Crippen molar-refractivity contribution >= 4 is 0 Å². The van der Waals surface area contributed by atoms with Crippen LogP contribution >= 0.6 is 0 Å². The van der Waals surface area contributed by atoms with Gasteiger partial charge in [-0.2, -0.15) is 0 Å². The van der Waals surface area contributed by atoms with Crippen molar-refractivity contribution in [3.63, 3.8) is 0 Å². The summed E-state index contributed by atoms with van der Waals surface area (Å²) in [6.07, 6.45) is 7.77. The van der Waals surface area contributed by atoms with Crippen LogP contribution in [0.25, 0.3) is 0 Å². The molecule has 0 aromatic rings. The lowest BCUT2D eigenvalue weighted by atomic mass is 9.86. The van der Waals surface area contributed by atoms with E-state index in [1.165, 1.54) is 38.5 Å². The zero-order valence-electron chi connectivity index (χ0n) is 10.4. The third-order valence-electron chi connectivity index (χ3n) is 3.88. The van der Waals surface area contributed by atoms with Crippen LogP contribution in [0, 0.1) is 5.92 Å². The molecule has 3 heteroatoms. The van der Waals surface area contributed by atoms with Gasteiger partial charge in [-0.3, -0.25) is 0 Å². The molecule has 1 heterocycles. The van der Waals surface area contributed by atoms with Gasteiger partial charge in [-0.15, -0.1) is 0 Å². The monoisotopic (exact) mass is 227 g/mol. The van der Waals surface area contributed by atoms with Gasteiger partial charge in [0.15, 0.2) is 0 Å². The van der Waals surface area contributed by atoms with Crippen molar-refractivity contribution < 1.29 is 9.47 Å². The lowest BCUT2D eigenvalue weighted by Crippen LogP contribution is -2.44. The molecule has 3 nitrogen and oxygen atoms in total. The Kier molecular flexibility index (Phi) is 5.07. The van der Waals surface area contributed by atoms with Gasteiger partial charge in [0.05, 0.1) is 6.61 Å². The van der Waals surface area contributed by atoms with Gasteiger partial charge in [0, 0.05) is 32.4 Å². The molecular formula is C13H25NO2. The smallest absolute Gasteiger partial charge is 0.0619 e. The van der Waals surface area contributed by atoms with Gasteiger partial charge in [0.25, 0.3) is 0 Å². The lowest BCUT2D eigenvalue weighted by Gasteiger charge is -2.33. The summed E-state index contributed by atoms with van der Waals surface area (Å²) >= 11 is 0. The summed E-state index contributed by atoms with van der Waals surface area (Å²) in [7, 11) is 1.81. The summed E-state index contributed by atoms with van der Waals surface area (Å²) in [5.74, 6) is 0.797. The molecule has 0 amide bonds. The first-order valence-corrected chi connectivity index (χ1v) is 6.71. The zero-order chi connectivity index (χ0) is 11.2. The number of rotatable bonds is 4. The van der Waals surface area contributed by atoms with Crippen LogP contribution in [0.5, 0.6) is 0 Å². The molecule has 94 valence electrons. The summed E-state index contributed by atoms with van der Waals surface area (Å²) < 4.78 is 10.7. The highest BCUT2D eigenvalue weighted by Crippen LogP contribution is 2.25. The molecule has 1 aliphatic carbocycles. The fourth-order valence-corrected chi connectivity index (χ4v) is 2.94. The normalized spacial score (nSPS) is 36.2. The first-order valence-electron chi connectivity index (χ1n) is 6.71. The molecule has 0 spiro atoms. The molecule has 1 saturated carbocycles. The van der Waals surface area contributed by atoms with Gasteiger partial charge >= 0.3 is 0 Å². The molecule has 0 unspecified atom stereocenters. The van der Waals surface area contributed by atoms with Crippen molar-refractivity contribution in [2.45, 2.75) is 50.6 Å². The van der Waals surface area contributed by atoms with Crippen LogP contribution in [0.15, 0.2) is 0 Å². The average molecular weight is 227 g/mol. The second-order valence-electron chi connectivity index (χ2n) is 5.25. The van der Waals surface area contributed by atoms with Crippen molar-refractivity contribution in [1.29, 1.82) is 0 Å². The summed E-state index contributed by atoms with van der Waals surface area (Å²) in [6, 6.07) is 1.33. The van der Waals surface area contributed by atoms with E-state index in [1.54, 1.807) is 0 Å². The second-order valence-corrected chi connectivity index (χ2v) is 5.25. The Labute approximate surface area is 98.9 Å². The minimum atomic E-state index is 0.609. The fraction of sp³-hybridized carbons (Fsp3) is 1.00. The van der Waals surface area contributed by atoms with E-state index in [2.05, 4.69) is 5.32 Å². The lowest BCUT2D eigenvalue weighted by molar-refractivity contribution is 0.0605. The molecule has 1 N–H and O–H groups in total. The second kappa shape index (κ2) is 6.58. The summed E-state index contributed by atoms with van der Waals surface area (Å²) in [5.41, 5.74) is 0. The maximum absolute atomic E-state index is 5.50. The Hall–Kier alpha value is -0.120. The molecule has 2 aliphatic rings. The Morgan fingerprint density at radius 1 is 1.12 bits per heavy atom. The molecule has 0 radical (unpaired) electrons. The van der Waals surface area contributed by atoms with Crippen LogP contribution in [0.3, 0.4) is 0 Å². The molecule has 2 rings (SSSR count). The number of ether oxygens (including phenoxy) is 2. The maximum Gasteiger partial charge on any atom is 0.0619 e. The Bertz CT molecular complexity index is 184. The summed E-state index contributed by atoms with van der Waals surface area (Å²) in [4.78, 5) is 0. The van der Waals surface area contributed by atoms with E-state index in [4.69, 9.17) is 9.47 Å². The molecule has 0 aromatic carbocycles. The van der Waals surface area contributed by atoms with Crippen molar-refractivity contribution in [2.75, 3.05) is 26.9 Å². The first kappa shape index (κ1) is 12.3. The summed E-state index contributed by atoms with van der Waals surface area (Å²) in [5, 5.41) is 3.75. The van der Waals surface area contributed by atoms with E-state index in [0.717, 1.165) is 31.8 Å². The zero-order valence-corrected chi connectivity index (χ0v) is 10.4. The van der Waals surface area contributed by atoms with Crippen molar-refractivity contribution in [3.8, 4) is 0 Å². The highest BCUT2D eigenvalue weighted by atomic mass is 16.5. The molecule has 0 bridgehead atoms. The molecule has 2 fully saturated rings. The van der Waals surface area contributed by atoms with E-state index < -0.39 is 0 Å². The van der Waals surface area contributed by atoms with Gasteiger partial charge < -0.3 is 14.8 Å². The number of hydrogen-bond donors (Lipinski definition) is 1. The van der Waals surface area contributed by atoms with Crippen LogP contribution in [0.1, 0.15) is 38.5 Å². The fourth-order valence-electron chi connectivity index (χ4n) is 2.94. The number of hydrogen-bond acceptors (Lipinski definition) is 3. The van der Waals surface area contributed by atoms with Gasteiger partial charge in [-0.25, -0.2) is 0 Å². The third kappa shape index (κ3) is 3.72. The minimum Gasteiger partial charge on any atom is -0.384 e. The summed E-state index contributed by atoms with van der Waals surface area (Å²) in [6.45, 7) is 2.82. The molecule has 1 aliphatic heterocycles. The van der Waals surface area contributed by atoms with Crippen molar-refractivity contribution in [3.05, 3.63) is 0 Å². The first-order chi connectivity index (χ1) is 7.88. The molecule has 0 aromatic heterocycles. The SMILES string of the molecule is COCC1CCC(N[C@H]2CCCOC2)CC1. The number of nitrogens with one attached hydrogen (secondary N) is 1. The Morgan fingerprint density at radius 2 is 1.94 bits per heavy atom. The van der Waals surface area contributed by atoms with Gasteiger partial charge in [0.1, 0.15) is 0 Å². The molecule has 1 saturated heterocycles. The largest absolute Gasteiger partial charge is 0.384 e. The third-order valence-corrected chi connectivity index (χ3v) is 3.88. The topological polar surface area (TPSA) is 30.5 Å². The molecular weight excluding hydrogens is 202 g/mol. The molecule has 16 heavy (non-hydrogen) atoms. The minimum absolute atomic E-state index is 0.609. The highest BCUT2D eigenvalue weighted by Gasteiger charge is 2.23. The van der Waals surface area contributed by atoms with Crippen molar-refractivity contribution in [1.82, 2.24) is 5.32 Å². The predicted molar refractivity (Wildman–Crippen MR) is 64.6 cm³/mol. The van der Waals surface area contributed by atoms with E-state index in [9.17, 15) is 0 Å². The van der Waals surface area contributed by atoms with Crippen LogP contribution in [-0.4, -0.2) is 39.0 Å². The van der Waals surface area contributed by atoms with Gasteiger partial charge in [-0.05, 0) is 44.4 Å². The Balaban J connectivity index is 1.64. The standard InChI is InChI=1S/C13H25NO2/c1-15-9-11-4-6-12(7-5-11)14-13-3-2-8-16-10-13/h11-14H,2-10H2,1H3/t11?,12?,13-/m0/s1. The van der Waals surface area contributed by atoms with Crippen LogP contribution in [0.4, 0.5) is 0 Å².